The molecule has 3 rings (SSSR count). The lowest BCUT2D eigenvalue weighted by molar-refractivity contribution is -0.121. The number of hydrogen-bond acceptors (Lipinski definition) is 5. The molecule has 28 heavy (non-hydrogen) atoms. The van der Waals surface area contributed by atoms with Crippen molar-refractivity contribution in [3.63, 3.8) is 0 Å². The van der Waals surface area contributed by atoms with Crippen molar-refractivity contribution in [3.05, 3.63) is 60.2 Å². The van der Waals surface area contributed by atoms with Crippen LogP contribution in [0.1, 0.15) is 35.3 Å². The first-order chi connectivity index (χ1) is 13.7. The molecular weight excluding hydrogens is 356 g/mol. The second kappa shape index (κ2) is 10.5. The van der Waals surface area contributed by atoms with E-state index in [4.69, 9.17) is 4.74 Å². The van der Waals surface area contributed by atoms with Crippen LogP contribution in [0, 0.1) is 0 Å². The van der Waals surface area contributed by atoms with Crippen LogP contribution in [0.3, 0.4) is 0 Å². The molecule has 2 aromatic rings. The number of hydrogen-bond donors (Lipinski definition) is 1. The highest BCUT2D eigenvalue weighted by atomic mass is 16.5. The van der Waals surface area contributed by atoms with Crippen LogP contribution in [-0.2, 0) is 16.0 Å². The largest absolute Gasteiger partial charge is 0.376 e. The Bertz CT molecular complexity index is 749. The highest BCUT2D eigenvalue weighted by Gasteiger charge is 2.24. The van der Waals surface area contributed by atoms with E-state index in [0.29, 0.717) is 19.6 Å². The Kier molecular flexibility index (Phi) is 7.49. The van der Waals surface area contributed by atoms with Gasteiger partial charge in [-0.1, -0.05) is 30.3 Å². The lowest BCUT2D eigenvalue weighted by Crippen LogP contribution is -2.40. The van der Waals surface area contributed by atoms with Gasteiger partial charge in [0.05, 0.1) is 12.3 Å². The summed E-state index contributed by atoms with van der Waals surface area (Å²) in [6.45, 7) is 2.09. The number of rotatable bonds is 9. The van der Waals surface area contributed by atoms with E-state index in [1.54, 1.807) is 4.90 Å². The molecule has 0 saturated carbocycles. The molecule has 2 heterocycles. The van der Waals surface area contributed by atoms with Gasteiger partial charge in [0.15, 0.2) is 0 Å². The number of carbonyl (C=O) groups excluding carboxylic acids is 2. The molecule has 1 aromatic carbocycles. The fourth-order valence-corrected chi connectivity index (χ4v) is 3.20. The number of carbonyl (C=O) groups is 2. The minimum absolute atomic E-state index is 0.0155. The van der Waals surface area contributed by atoms with Crippen molar-refractivity contribution in [3.8, 4) is 0 Å². The van der Waals surface area contributed by atoms with Crippen LogP contribution >= 0.6 is 0 Å². The average Bonchev–Trinajstić information content (AvgIpc) is 3.25. The summed E-state index contributed by atoms with van der Waals surface area (Å²) in [5, 5.41) is 2.92. The zero-order valence-electron chi connectivity index (χ0n) is 15.9. The summed E-state index contributed by atoms with van der Waals surface area (Å²) in [6, 6.07) is 10.0. The van der Waals surface area contributed by atoms with Gasteiger partial charge in [0.1, 0.15) is 5.69 Å². The molecule has 1 aliphatic rings. The Balaban J connectivity index is 1.50. The van der Waals surface area contributed by atoms with Crippen molar-refractivity contribution >= 4 is 11.8 Å². The summed E-state index contributed by atoms with van der Waals surface area (Å²) >= 11 is 0. The third kappa shape index (κ3) is 6.13. The first kappa shape index (κ1) is 19.9. The summed E-state index contributed by atoms with van der Waals surface area (Å²) in [6.07, 6.45) is 7.44. The second-order valence-electron chi connectivity index (χ2n) is 6.81. The fourth-order valence-electron chi connectivity index (χ4n) is 3.20. The van der Waals surface area contributed by atoms with E-state index in [0.717, 1.165) is 25.9 Å². The minimum Gasteiger partial charge on any atom is -0.376 e. The van der Waals surface area contributed by atoms with Crippen LogP contribution in [0.25, 0.3) is 0 Å². The SMILES string of the molecule is O=C(CCN(CC1CCCO1)C(=O)c1cnccn1)NCCc1ccccc1. The summed E-state index contributed by atoms with van der Waals surface area (Å²) in [4.78, 5) is 34.7. The topological polar surface area (TPSA) is 84.4 Å². The van der Waals surface area contributed by atoms with E-state index in [1.165, 1.54) is 24.2 Å². The molecule has 7 nitrogen and oxygen atoms in total. The van der Waals surface area contributed by atoms with E-state index in [9.17, 15) is 9.59 Å². The monoisotopic (exact) mass is 382 g/mol. The van der Waals surface area contributed by atoms with E-state index in [2.05, 4.69) is 15.3 Å². The Morgan fingerprint density at radius 1 is 1.21 bits per heavy atom. The first-order valence-corrected chi connectivity index (χ1v) is 9.70. The number of amides is 2. The van der Waals surface area contributed by atoms with Crippen LogP contribution in [-0.4, -0.2) is 59.0 Å². The number of nitrogens with zero attached hydrogens (tertiary/aromatic N) is 3. The van der Waals surface area contributed by atoms with Crippen LogP contribution in [0.4, 0.5) is 0 Å². The van der Waals surface area contributed by atoms with Gasteiger partial charge in [-0.15, -0.1) is 0 Å². The molecule has 2 amide bonds. The number of aromatic nitrogens is 2. The predicted octanol–water partition coefficient (Wildman–Crippen LogP) is 1.85. The van der Waals surface area contributed by atoms with Gasteiger partial charge >= 0.3 is 0 Å². The zero-order valence-corrected chi connectivity index (χ0v) is 15.9. The minimum atomic E-state index is -0.222. The normalized spacial score (nSPS) is 15.9. The molecule has 0 spiro atoms. The standard InChI is InChI=1S/C21H26N4O3/c26-20(24-10-8-17-5-2-1-3-6-17)9-13-25(16-18-7-4-14-28-18)21(27)19-15-22-11-12-23-19/h1-3,5-6,11-12,15,18H,4,7-10,13-14,16H2,(H,24,26). The van der Waals surface area contributed by atoms with Crippen molar-refractivity contribution < 1.29 is 14.3 Å². The van der Waals surface area contributed by atoms with Gasteiger partial charge < -0.3 is 15.0 Å². The van der Waals surface area contributed by atoms with Gasteiger partial charge in [0.2, 0.25) is 5.91 Å². The summed E-state index contributed by atoms with van der Waals surface area (Å²) in [7, 11) is 0. The Morgan fingerprint density at radius 2 is 2.07 bits per heavy atom. The lowest BCUT2D eigenvalue weighted by Gasteiger charge is -2.25. The highest BCUT2D eigenvalue weighted by Crippen LogP contribution is 2.15. The maximum Gasteiger partial charge on any atom is 0.274 e. The van der Waals surface area contributed by atoms with Crippen molar-refractivity contribution in [2.75, 3.05) is 26.2 Å². The average molecular weight is 382 g/mol. The van der Waals surface area contributed by atoms with Gasteiger partial charge in [0, 0.05) is 45.1 Å². The maximum absolute atomic E-state index is 12.8. The van der Waals surface area contributed by atoms with Crippen molar-refractivity contribution in [1.82, 2.24) is 20.2 Å². The molecule has 0 radical (unpaired) electrons. The molecule has 1 fully saturated rings. The quantitative estimate of drug-likeness (QED) is 0.715. The van der Waals surface area contributed by atoms with E-state index >= 15 is 0 Å². The van der Waals surface area contributed by atoms with Gasteiger partial charge in [-0.3, -0.25) is 14.6 Å². The fraction of sp³-hybridized carbons (Fsp3) is 0.429. The third-order valence-corrected chi connectivity index (χ3v) is 4.70. The molecule has 0 aliphatic carbocycles. The van der Waals surface area contributed by atoms with Crippen LogP contribution in [0.15, 0.2) is 48.9 Å². The number of benzene rings is 1. The van der Waals surface area contributed by atoms with E-state index < -0.39 is 0 Å². The Hall–Kier alpha value is -2.80. The molecule has 1 unspecified atom stereocenters. The molecule has 7 heteroatoms. The van der Waals surface area contributed by atoms with Crippen molar-refractivity contribution in [2.45, 2.75) is 31.8 Å². The van der Waals surface area contributed by atoms with Crippen LogP contribution in [0.2, 0.25) is 0 Å². The van der Waals surface area contributed by atoms with E-state index in [-0.39, 0.29) is 30.0 Å². The summed E-state index contributed by atoms with van der Waals surface area (Å²) in [5.74, 6) is -0.291. The Labute approximate surface area is 165 Å². The smallest absolute Gasteiger partial charge is 0.274 e. The molecule has 0 bridgehead atoms. The lowest BCUT2D eigenvalue weighted by atomic mass is 10.1. The summed E-state index contributed by atoms with van der Waals surface area (Å²) < 4.78 is 5.66. The molecule has 148 valence electrons. The highest BCUT2D eigenvalue weighted by molar-refractivity contribution is 5.92. The first-order valence-electron chi connectivity index (χ1n) is 9.70. The van der Waals surface area contributed by atoms with Crippen LogP contribution < -0.4 is 5.32 Å². The molecule has 1 N–H and O–H groups in total. The molecule has 1 aromatic heterocycles. The predicted molar refractivity (Wildman–Crippen MR) is 105 cm³/mol. The second-order valence-corrected chi connectivity index (χ2v) is 6.81. The molecule has 1 atom stereocenters. The third-order valence-electron chi connectivity index (χ3n) is 4.70. The van der Waals surface area contributed by atoms with Crippen LogP contribution in [0.5, 0.6) is 0 Å². The number of ether oxygens (including phenoxy) is 1. The molecular formula is C21H26N4O3. The maximum atomic E-state index is 12.8. The van der Waals surface area contributed by atoms with Gasteiger partial charge in [-0.2, -0.15) is 0 Å². The van der Waals surface area contributed by atoms with E-state index in [1.807, 2.05) is 30.3 Å². The van der Waals surface area contributed by atoms with Gasteiger partial charge in [-0.05, 0) is 24.8 Å². The zero-order chi connectivity index (χ0) is 19.6. The molecule has 1 aliphatic heterocycles. The molecule has 1 saturated heterocycles. The van der Waals surface area contributed by atoms with Crippen molar-refractivity contribution in [1.29, 1.82) is 0 Å². The summed E-state index contributed by atoms with van der Waals surface area (Å²) in [5.41, 5.74) is 1.46. The van der Waals surface area contributed by atoms with Gasteiger partial charge in [0.25, 0.3) is 5.91 Å². The van der Waals surface area contributed by atoms with Crippen molar-refractivity contribution in [2.24, 2.45) is 0 Å². The van der Waals surface area contributed by atoms with Gasteiger partial charge in [-0.25, -0.2) is 4.98 Å². The number of nitrogens with one attached hydrogen (secondary N) is 1. The Morgan fingerprint density at radius 3 is 2.79 bits per heavy atom.